The second-order valence-electron chi connectivity index (χ2n) is 5.25. The van der Waals surface area contributed by atoms with Gasteiger partial charge in [0.05, 0.1) is 11.1 Å². The van der Waals surface area contributed by atoms with Crippen LogP contribution >= 0.6 is 0 Å². The molecule has 0 aliphatic carbocycles. The van der Waals surface area contributed by atoms with Crippen molar-refractivity contribution in [1.29, 1.82) is 0 Å². The molecule has 0 bridgehead atoms. The van der Waals surface area contributed by atoms with Gasteiger partial charge in [-0.3, -0.25) is 4.79 Å². The second-order valence-corrected chi connectivity index (χ2v) is 5.25. The van der Waals surface area contributed by atoms with E-state index >= 15 is 0 Å². The van der Waals surface area contributed by atoms with E-state index in [0.717, 1.165) is 6.07 Å². The SMILES string of the molecule is Cc1ccc(NC(=O)c2cccnc2N(C)C)cc1C(F)(F)F. The number of anilines is 2. The van der Waals surface area contributed by atoms with Gasteiger partial charge in [-0.2, -0.15) is 13.2 Å². The third kappa shape index (κ3) is 3.80. The first-order valence-corrected chi connectivity index (χ1v) is 6.81. The Morgan fingerprint density at radius 1 is 1.22 bits per heavy atom. The lowest BCUT2D eigenvalue weighted by atomic mass is 10.1. The highest BCUT2D eigenvalue weighted by Gasteiger charge is 2.32. The Morgan fingerprint density at radius 2 is 1.91 bits per heavy atom. The lowest BCUT2D eigenvalue weighted by molar-refractivity contribution is -0.138. The number of nitrogens with zero attached hydrogens (tertiary/aromatic N) is 2. The molecule has 23 heavy (non-hydrogen) atoms. The Morgan fingerprint density at radius 3 is 2.52 bits per heavy atom. The van der Waals surface area contributed by atoms with Crippen LogP contribution in [0.25, 0.3) is 0 Å². The Bertz CT molecular complexity index is 727. The van der Waals surface area contributed by atoms with Crippen molar-refractivity contribution in [2.75, 3.05) is 24.3 Å². The van der Waals surface area contributed by atoms with Crippen molar-refractivity contribution in [3.63, 3.8) is 0 Å². The lowest BCUT2D eigenvalue weighted by Crippen LogP contribution is -2.20. The van der Waals surface area contributed by atoms with Crippen molar-refractivity contribution >= 4 is 17.4 Å². The van der Waals surface area contributed by atoms with Gasteiger partial charge >= 0.3 is 6.18 Å². The molecule has 0 atom stereocenters. The average Bonchev–Trinajstić information content (AvgIpc) is 2.48. The summed E-state index contributed by atoms with van der Waals surface area (Å²) in [4.78, 5) is 18.1. The highest BCUT2D eigenvalue weighted by molar-refractivity contribution is 6.07. The predicted octanol–water partition coefficient (Wildman–Crippen LogP) is 3.73. The molecule has 0 unspecified atom stereocenters. The van der Waals surface area contributed by atoms with Crippen LogP contribution in [0.2, 0.25) is 0 Å². The molecular formula is C16H16F3N3O. The van der Waals surface area contributed by atoms with E-state index in [-0.39, 0.29) is 16.8 Å². The molecule has 0 aliphatic rings. The fourth-order valence-electron chi connectivity index (χ4n) is 2.13. The molecule has 0 aliphatic heterocycles. The molecule has 2 aromatic rings. The number of aromatic nitrogens is 1. The summed E-state index contributed by atoms with van der Waals surface area (Å²) >= 11 is 0. The highest BCUT2D eigenvalue weighted by Crippen LogP contribution is 2.33. The largest absolute Gasteiger partial charge is 0.416 e. The molecule has 1 N–H and O–H groups in total. The van der Waals surface area contributed by atoms with Crippen LogP contribution in [0, 0.1) is 6.92 Å². The zero-order valence-corrected chi connectivity index (χ0v) is 12.9. The molecule has 1 aromatic carbocycles. The number of hydrogen-bond acceptors (Lipinski definition) is 3. The van der Waals surface area contributed by atoms with Crippen LogP contribution in [0.5, 0.6) is 0 Å². The maximum Gasteiger partial charge on any atom is 0.416 e. The molecule has 7 heteroatoms. The number of alkyl halides is 3. The van der Waals surface area contributed by atoms with E-state index in [0.29, 0.717) is 5.82 Å². The Labute approximate surface area is 132 Å². The topological polar surface area (TPSA) is 45.2 Å². The Balaban J connectivity index is 2.32. The number of pyridine rings is 1. The first-order chi connectivity index (χ1) is 10.7. The third-order valence-electron chi connectivity index (χ3n) is 3.26. The van der Waals surface area contributed by atoms with Crippen LogP contribution in [-0.4, -0.2) is 25.0 Å². The minimum absolute atomic E-state index is 0.0847. The van der Waals surface area contributed by atoms with E-state index in [1.807, 2.05) is 0 Å². The number of hydrogen-bond donors (Lipinski definition) is 1. The number of rotatable bonds is 3. The van der Waals surface area contributed by atoms with Crippen molar-refractivity contribution in [2.45, 2.75) is 13.1 Å². The minimum atomic E-state index is -4.46. The molecule has 0 radical (unpaired) electrons. The van der Waals surface area contributed by atoms with Gasteiger partial charge in [-0.25, -0.2) is 4.98 Å². The van der Waals surface area contributed by atoms with Crippen LogP contribution in [-0.2, 0) is 6.18 Å². The van der Waals surface area contributed by atoms with Crippen LogP contribution < -0.4 is 10.2 Å². The van der Waals surface area contributed by atoms with E-state index in [4.69, 9.17) is 0 Å². The second kappa shape index (κ2) is 6.28. The summed E-state index contributed by atoms with van der Waals surface area (Å²) in [7, 11) is 3.46. The van der Waals surface area contributed by atoms with Gasteiger partial charge in [0.25, 0.3) is 5.91 Å². The normalized spacial score (nSPS) is 11.2. The first kappa shape index (κ1) is 16.8. The first-order valence-electron chi connectivity index (χ1n) is 6.81. The summed E-state index contributed by atoms with van der Waals surface area (Å²) < 4.78 is 38.8. The van der Waals surface area contributed by atoms with Gasteiger partial charge < -0.3 is 10.2 Å². The molecule has 0 spiro atoms. The number of carbonyl (C=O) groups excluding carboxylic acids is 1. The number of benzene rings is 1. The van der Waals surface area contributed by atoms with E-state index < -0.39 is 17.6 Å². The monoisotopic (exact) mass is 323 g/mol. The van der Waals surface area contributed by atoms with Gasteiger partial charge in [-0.1, -0.05) is 6.07 Å². The Hall–Kier alpha value is -2.57. The molecule has 1 heterocycles. The van der Waals surface area contributed by atoms with Crippen molar-refractivity contribution in [1.82, 2.24) is 4.98 Å². The van der Waals surface area contributed by atoms with E-state index in [1.165, 1.54) is 19.1 Å². The molecule has 122 valence electrons. The maximum atomic E-state index is 12.9. The van der Waals surface area contributed by atoms with Gasteiger partial charge in [0.1, 0.15) is 5.82 Å². The molecule has 2 rings (SSSR count). The summed E-state index contributed by atoms with van der Waals surface area (Å²) in [5.41, 5.74) is -0.298. The smallest absolute Gasteiger partial charge is 0.362 e. The van der Waals surface area contributed by atoms with Crippen LogP contribution in [0.4, 0.5) is 24.7 Å². The molecule has 1 aromatic heterocycles. The fourth-order valence-corrected chi connectivity index (χ4v) is 2.13. The van der Waals surface area contributed by atoms with Gasteiger partial charge in [0.2, 0.25) is 0 Å². The van der Waals surface area contributed by atoms with E-state index in [2.05, 4.69) is 10.3 Å². The predicted molar refractivity (Wildman–Crippen MR) is 82.7 cm³/mol. The molecule has 1 amide bonds. The van der Waals surface area contributed by atoms with Crippen molar-refractivity contribution < 1.29 is 18.0 Å². The minimum Gasteiger partial charge on any atom is -0.362 e. The number of carbonyl (C=O) groups is 1. The van der Waals surface area contributed by atoms with Gasteiger partial charge in [0, 0.05) is 26.0 Å². The number of nitrogens with one attached hydrogen (secondary N) is 1. The van der Waals surface area contributed by atoms with Crippen molar-refractivity contribution in [2.24, 2.45) is 0 Å². The van der Waals surface area contributed by atoms with Crippen LogP contribution in [0.1, 0.15) is 21.5 Å². The fraction of sp³-hybridized carbons (Fsp3) is 0.250. The summed E-state index contributed by atoms with van der Waals surface area (Å²) in [6.45, 7) is 1.37. The molecule has 0 saturated carbocycles. The third-order valence-corrected chi connectivity index (χ3v) is 3.26. The average molecular weight is 323 g/mol. The zero-order chi connectivity index (χ0) is 17.2. The Kier molecular flexibility index (Phi) is 4.58. The maximum absolute atomic E-state index is 12.9. The summed E-state index contributed by atoms with van der Waals surface area (Å²) in [5.74, 6) is -0.0769. The highest BCUT2D eigenvalue weighted by atomic mass is 19.4. The summed E-state index contributed by atoms with van der Waals surface area (Å²) in [5, 5.41) is 2.49. The molecule has 0 saturated heterocycles. The molecule has 4 nitrogen and oxygen atoms in total. The van der Waals surface area contributed by atoms with E-state index in [9.17, 15) is 18.0 Å². The van der Waals surface area contributed by atoms with Gasteiger partial charge in [0.15, 0.2) is 0 Å². The van der Waals surface area contributed by atoms with Gasteiger partial charge in [-0.05, 0) is 36.8 Å². The summed E-state index contributed by atoms with van der Waals surface area (Å²) in [6, 6.07) is 6.86. The van der Waals surface area contributed by atoms with Crippen LogP contribution in [0.3, 0.4) is 0 Å². The van der Waals surface area contributed by atoms with Crippen LogP contribution in [0.15, 0.2) is 36.5 Å². The number of amides is 1. The summed E-state index contributed by atoms with van der Waals surface area (Å²) in [6.07, 6.45) is -2.92. The van der Waals surface area contributed by atoms with Gasteiger partial charge in [-0.15, -0.1) is 0 Å². The standard InChI is InChI=1S/C16H16F3N3O/c1-10-6-7-11(9-13(10)16(17,18)19)21-15(23)12-5-4-8-20-14(12)22(2)3/h4-9H,1-3H3,(H,21,23). The molecular weight excluding hydrogens is 307 g/mol. The lowest BCUT2D eigenvalue weighted by Gasteiger charge is -2.16. The van der Waals surface area contributed by atoms with Crippen molar-refractivity contribution in [3.05, 3.63) is 53.2 Å². The number of aryl methyl sites for hydroxylation is 1. The quantitative estimate of drug-likeness (QED) is 0.936. The zero-order valence-electron chi connectivity index (χ0n) is 12.9. The van der Waals surface area contributed by atoms with Crippen molar-refractivity contribution in [3.8, 4) is 0 Å². The van der Waals surface area contributed by atoms with E-state index in [1.54, 1.807) is 37.3 Å². The molecule has 0 fully saturated rings. The number of halogens is 3.